The molecule has 0 saturated carbocycles. The molecule has 72 valence electrons. The number of benzene rings is 1. The molecule has 0 spiro atoms. The van der Waals surface area contributed by atoms with Crippen LogP contribution >= 0.6 is 0 Å². The summed E-state index contributed by atoms with van der Waals surface area (Å²) in [4.78, 5) is 0. The predicted octanol–water partition coefficient (Wildman–Crippen LogP) is 2.43. The Labute approximate surface area is 78.2 Å². The number of aliphatic hydroxyl groups is 1. The number of aliphatic hydroxyl groups excluding tert-OH is 1. The summed E-state index contributed by atoms with van der Waals surface area (Å²) in [6.07, 6.45) is 0. The zero-order valence-corrected chi connectivity index (χ0v) is 8.05. The highest BCUT2D eigenvalue weighted by Gasteiger charge is 2.18. The number of alkyl halides is 1. The minimum Gasteiger partial charge on any atom is -0.395 e. The molecule has 1 nitrogen and oxygen atoms in total. The Morgan fingerprint density at radius 3 is 2.15 bits per heavy atom. The topological polar surface area (TPSA) is 20.2 Å². The maximum absolute atomic E-state index is 12.2. The third-order valence-corrected chi connectivity index (χ3v) is 2.28. The van der Waals surface area contributed by atoms with Crippen LogP contribution in [0, 0.1) is 0 Å². The third kappa shape index (κ3) is 2.28. The highest BCUT2D eigenvalue weighted by Crippen LogP contribution is 2.22. The molecule has 0 radical (unpaired) electrons. The zero-order valence-electron chi connectivity index (χ0n) is 8.05. The fourth-order valence-corrected chi connectivity index (χ4v) is 1.14. The van der Waals surface area contributed by atoms with Gasteiger partial charge in [-0.3, -0.25) is 0 Å². The first kappa shape index (κ1) is 10.2. The molecule has 0 amide bonds. The molecule has 0 aliphatic rings. The van der Waals surface area contributed by atoms with Gasteiger partial charge < -0.3 is 5.11 Å². The highest BCUT2D eigenvalue weighted by atomic mass is 19.1. The van der Waals surface area contributed by atoms with E-state index in [2.05, 4.69) is 0 Å². The molecule has 0 heterocycles. The Hall–Kier alpha value is -0.890. The van der Waals surface area contributed by atoms with E-state index in [0.29, 0.717) is 5.56 Å². The van der Waals surface area contributed by atoms with Crippen LogP contribution in [0.15, 0.2) is 24.3 Å². The van der Waals surface area contributed by atoms with Crippen molar-refractivity contribution in [1.29, 1.82) is 0 Å². The van der Waals surface area contributed by atoms with Crippen molar-refractivity contribution in [2.24, 2.45) is 0 Å². The largest absolute Gasteiger partial charge is 0.395 e. The van der Waals surface area contributed by atoms with Crippen LogP contribution in [0.25, 0.3) is 0 Å². The monoisotopic (exact) mass is 182 g/mol. The van der Waals surface area contributed by atoms with Crippen LogP contribution in [-0.4, -0.2) is 11.7 Å². The maximum Gasteiger partial charge on any atom is 0.115 e. The predicted molar refractivity (Wildman–Crippen MR) is 51.4 cm³/mol. The molecule has 0 unspecified atom stereocenters. The molecule has 1 aromatic rings. The van der Waals surface area contributed by atoms with E-state index in [0.717, 1.165) is 5.56 Å². The van der Waals surface area contributed by atoms with Gasteiger partial charge in [-0.2, -0.15) is 0 Å². The van der Waals surface area contributed by atoms with Gasteiger partial charge in [0.25, 0.3) is 0 Å². The van der Waals surface area contributed by atoms with Gasteiger partial charge in [-0.25, -0.2) is 4.39 Å². The van der Waals surface area contributed by atoms with Gasteiger partial charge >= 0.3 is 0 Å². The average molecular weight is 182 g/mol. The van der Waals surface area contributed by atoms with E-state index in [1.54, 1.807) is 12.1 Å². The van der Waals surface area contributed by atoms with Gasteiger partial charge in [0.1, 0.15) is 6.67 Å². The molecule has 1 aromatic carbocycles. The second-order valence-electron chi connectivity index (χ2n) is 3.87. The lowest BCUT2D eigenvalue weighted by Crippen LogP contribution is -2.21. The van der Waals surface area contributed by atoms with Crippen LogP contribution in [0.5, 0.6) is 0 Å². The summed E-state index contributed by atoms with van der Waals surface area (Å²) in [5.74, 6) is 0. The molecule has 0 aliphatic carbocycles. The summed E-state index contributed by atoms with van der Waals surface area (Å²) in [6, 6.07) is 7.25. The summed E-state index contributed by atoms with van der Waals surface area (Å²) in [6.45, 7) is 3.58. The standard InChI is InChI=1S/C11H15FO/c1-11(2,8-13)10-5-3-9(7-12)4-6-10/h3-6,13H,7-8H2,1-2H3. The van der Waals surface area contributed by atoms with E-state index >= 15 is 0 Å². The minimum atomic E-state index is -0.431. The second kappa shape index (κ2) is 3.88. The van der Waals surface area contributed by atoms with Gasteiger partial charge in [0.2, 0.25) is 0 Å². The summed E-state index contributed by atoms with van der Waals surface area (Å²) in [7, 11) is 0. The molecule has 0 saturated heterocycles. The first-order valence-corrected chi connectivity index (χ1v) is 4.36. The lowest BCUT2D eigenvalue weighted by molar-refractivity contribution is 0.218. The maximum atomic E-state index is 12.2. The molecular weight excluding hydrogens is 167 g/mol. The van der Waals surface area contributed by atoms with Gasteiger partial charge in [0.05, 0.1) is 6.61 Å². The SMILES string of the molecule is CC(C)(CO)c1ccc(CF)cc1. The van der Waals surface area contributed by atoms with E-state index in [4.69, 9.17) is 5.11 Å². The molecule has 0 aromatic heterocycles. The molecule has 1 rings (SSSR count). The van der Waals surface area contributed by atoms with Crippen LogP contribution in [0.2, 0.25) is 0 Å². The fourth-order valence-electron chi connectivity index (χ4n) is 1.14. The van der Waals surface area contributed by atoms with Crippen molar-refractivity contribution in [3.63, 3.8) is 0 Å². The van der Waals surface area contributed by atoms with Crippen molar-refractivity contribution >= 4 is 0 Å². The fraction of sp³-hybridized carbons (Fsp3) is 0.455. The molecule has 0 fully saturated rings. The Balaban J connectivity index is 2.92. The van der Waals surface area contributed by atoms with E-state index in [-0.39, 0.29) is 12.0 Å². The first-order chi connectivity index (χ1) is 6.10. The Morgan fingerprint density at radius 2 is 1.77 bits per heavy atom. The number of rotatable bonds is 3. The van der Waals surface area contributed by atoms with Crippen molar-refractivity contribution in [3.8, 4) is 0 Å². The van der Waals surface area contributed by atoms with Crippen LogP contribution in [0.4, 0.5) is 4.39 Å². The highest BCUT2D eigenvalue weighted by molar-refractivity contribution is 5.27. The van der Waals surface area contributed by atoms with Gasteiger partial charge in [0, 0.05) is 5.41 Å². The summed E-state index contributed by atoms with van der Waals surface area (Å²) in [5, 5.41) is 9.10. The summed E-state index contributed by atoms with van der Waals surface area (Å²) >= 11 is 0. The molecule has 0 bridgehead atoms. The van der Waals surface area contributed by atoms with Crippen molar-refractivity contribution < 1.29 is 9.50 Å². The molecular formula is C11H15FO. The van der Waals surface area contributed by atoms with Crippen LogP contribution < -0.4 is 0 Å². The molecule has 2 heteroatoms. The molecule has 13 heavy (non-hydrogen) atoms. The van der Waals surface area contributed by atoms with E-state index in [9.17, 15) is 4.39 Å². The smallest absolute Gasteiger partial charge is 0.115 e. The van der Waals surface area contributed by atoms with Crippen molar-refractivity contribution in [3.05, 3.63) is 35.4 Å². The van der Waals surface area contributed by atoms with Gasteiger partial charge in [-0.1, -0.05) is 38.1 Å². The number of hydrogen-bond acceptors (Lipinski definition) is 1. The number of hydrogen-bond donors (Lipinski definition) is 1. The normalized spacial score (nSPS) is 11.7. The van der Waals surface area contributed by atoms with E-state index in [1.807, 2.05) is 26.0 Å². The van der Waals surface area contributed by atoms with Crippen LogP contribution in [0.1, 0.15) is 25.0 Å². The van der Waals surface area contributed by atoms with Crippen molar-refractivity contribution in [2.45, 2.75) is 25.9 Å². The zero-order chi connectivity index (χ0) is 9.90. The Bertz CT molecular complexity index is 264. The molecule has 1 N–H and O–H groups in total. The van der Waals surface area contributed by atoms with Crippen LogP contribution in [0.3, 0.4) is 0 Å². The minimum absolute atomic E-state index is 0.0992. The first-order valence-electron chi connectivity index (χ1n) is 4.36. The molecule has 0 atom stereocenters. The second-order valence-corrected chi connectivity index (χ2v) is 3.87. The Kier molecular flexibility index (Phi) is 3.04. The van der Waals surface area contributed by atoms with Crippen molar-refractivity contribution in [1.82, 2.24) is 0 Å². The van der Waals surface area contributed by atoms with Gasteiger partial charge in [-0.15, -0.1) is 0 Å². The van der Waals surface area contributed by atoms with Crippen LogP contribution in [-0.2, 0) is 12.1 Å². The lowest BCUT2D eigenvalue weighted by atomic mass is 9.85. The lowest BCUT2D eigenvalue weighted by Gasteiger charge is -2.22. The quantitative estimate of drug-likeness (QED) is 0.761. The van der Waals surface area contributed by atoms with E-state index < -0.39 is 6.67 Å². The van der Waals surface area contributed by atoms with Gasteiger partial charge in [-0.05, 0) is 11.1 Å². The Morgan fingerprint density at radius 1 is 1.23 bits per heavy atom. The molecule has 0 aliphatic heterocycles. The summed E-state index contributed by atoms with van der Waals surface area (Å²) < 4.78 is 12.2. The summed E-state index contributed by atoms with van der Waals surface area (Å²) in [5.41, 5.74) is 1.47. The third-order valence-electron chi connectivity index (χ3n) is 2.28. The van der Waals surface area contributed by atoms with Gasteiger partial charge in [0.15, 0.2) is 0 Å². The average Bonchev–Trinajstić information content (AvgIpc) is 2.18. The van der Waals surface area contributed by atoms with E-state index in [1.165, 1.54) is 0 Å². The number of halogens is 1. The van der Waals surface area contributed by atoms with Crippen molar-refractivity contribution in [2.75, 3.05) is 6.61 Å².